The molecule has 3 aromatic rings. The van der Waals surface area contributed by atoms with E-state index in [0.29, 0.717) is 31.1 Å². The number of aryl methyl sites for hydroxylation is 2. The molecule has 0 atom stereocenters. The van der Waals surface area contributed by atoms with E-state index in [9.17, 15) is 4.79 Å². The number of unbranched alkanes of at least 4 members (excludes halogenated alkanes) is 1. The number of fused-ring (bicyclic) bond motifs is 1. The highest BCUT2D eigenvalue weighted by molar-refractivity contribution is 5.94. The van der Waals surface area contributed by atoms with E-state index in [-0.39, 0.29) is 5.91 Å². The first-order valence-electron chi connectivity index (χ1n) is 10.1. The number of nitrogen functional groups attached to an aromatic ring is 1. The van der Waals surface area contributed by atoms with Crippen molar-refractivity contribution in [2.75, 3.05) is 26.0 Å². The van der Waals surface area contributed by atoms with Crippen molar-refractivity contribution in [2.45, 2.75) is 39.8 Å². The summed E-state index contributed by atoms with van der Waals surface area (Å²) < 4.78 is 12.9. The first-order chi connectivity index (χ1) is 14.5. The van der Waals surface area contributed by atoms with Gasteiger partial charge in [-0.2, -0.15) is 0 Å². The molecule has 0 fully saturated rings. The first-order valence-corrected chi connectivity index (χ1v) is 10.1. The van der Waals surface area contributed by atoms with Crippen molar-refractivity contribution in [2.24, 2.45) is 0 Å². The van der Waals surface area contributed by atoms with Crippen molar-refractivity contribution >= 4 is 22.8 Å². The summed E-state index contributed by atoms with van der Waals surface area (Å²) in [6.45, 7) is 6.38. The molecule has 0 spiro atoms. The molecular weight excluding hydrogens is 382 g/mol. The standard InChI is InChI=1S/C22H29N5O3/c1-4-30-14-18-26-19-20(15(2)13-25-21(19)23)27(18)12-6-5-11-24-22(28)16-7-9-17(29-3)10-8-16/h7-10,13H,4-6,11-12,14H2,1-3H3,(H2,23,25)(H,24,28). The molecule has 0 unspecified atom stereocenters. The molecule has 0 aliphatic heterocycles. The van der Waals surface area contributed by atoms with Gasteiger partial charge in [-0.15, -0.1) is 0 Å². The highest BCUT2D eigenvalue weighted by atomic mass is 16.5. The third kappa shape index (κ3) is 4.88. The van der Waals surface area contributed by atoms with Gasteiger partial charge in [0, 0.05) is 31.5 Å². The van der Waals surface area contributed by atoms with Crippen LogP contribution in [0.15, 0.2) is 30.5 Å². The predicted molar refractivity (Wildman–Crippen MR) is 117 cm³/mol. The van der Waals surface area contributed by atoms with Crippen molar-refractivity contribution in [1.29, 1.82) is 0 Å². The number of anilines is 1. The summed E-state index contributed by atoms with van der Waals surface area (Å²) in [4.78, 5) is 21.1. The molecule has 1 aromatic carbocycles. The summed E-state index contributed by atoms with van der Waals surface area (Å²) in [5.74, 6) is 1.92. The molecule has 2 aromatic heterocycles. The minimum absolute atomic E-state index is 0.0857. The highest BCUT2D eigenvalue weighted by Gasteiger charge is 2.15. The highest BCUT2D eigenvalue weighted by Crippen LogP contribution is 2.24. The van der Waals surface area contributed by atoms with Crippen molar-refractivity contribution < 1.29 is 14.3 Å². The Hall–Kier alpha value is -3.13. The van der Waals surface area contributed by atoms with Crippen LogP contribution in [0.2, 0.25) is 0 Å². The van der Waals surface area contributed by atoms with Crippen LogP contribution in [0.5, 0.6) is 5.75 Å². The van der Waals surface area contributed by atoms with Crippen LogP contribution in [0.3, 0.4) is 0 Å². The Morgan fingerprint density at radius 1 is 1.23 bits per heavy atom. The molecule has 0 radical (unpaired) electrons. The quantitative estimate of drug-likeness (QED) is 0.497. The number of hydrogen-bond acceptors (Lipinski definition) is 6. The van der Waals surface area contributed by atoms with Gasteiger partial charge in [0.2, 0.25) is 0 Å². The van der Waals surface area contributed by atoms with Gasteiger partial charge in [0.1, 0.15) is 23.7 Å². The number of imidazole rings is 1. The molecule has 8 heteroatoms. The number of hydrogen-bond donors (Lipinski definition) is 2. The number of aromatic nitrogens is 3. The molecule has 1 amide bonds. The van der Waals surface area contributed by atoms with E-state index in [2.05, 4.69) is 19.9 Å². The van der Waals surface area contributed by atoms with Crippen molar-refractivity contribution in [1.82, 2.24) is 19.9 Å². The minimum atomic E-state index is -0.0857. The second-order valence-electron chi connectivity index (χ2n) is 7.03. The molecule has 0 saturated carbocycles. The fourth-order valence-corrected chi connectivity index (χ4v) is 3.35. The van der Waals surface area contributed by atoms with Gasteiger partial charge < -0.3 is 25.1 Å². The lowest BCUT2D eigenvalue weighted by Gasteiger charge is -2.11. The normalized spacial score (nSPS) is 11.0. The largest absolute Gasteiger partial charge is 0.497 e. The van der Waals surface area contributed by atoms with Gasteiger partial charge in [0.05, 0.1) is 12.6 Å². The van der Waals surface area contributed by atoms with Crippen LogP contribution in [-0.4, -0.2) is 40.7 Å². The van der Waals surface area contributed by atoms with E-state index in [1.54, 1.807) is 37.6 Å². The van der Waals surface area contributed by atoms with E-state index < -0.39 is 0 Å². The van der Waals surface area contributed by atoms with E-state index >= 15 is 0 Å². The third-order valence-corrected chi connectivity index (χ3v) is 4.94. The van der Waals surface area contributed by atoms with Crippen LogP contribution >= 0.6 is 0 Å². The molecule has 3 rings (SSSR count). The number of nitrogens with one attached hydrogen (secondary N) is 1. The zero-order valence-electron chi connectivity index (χ0n) is 17.8. The lowest BCUT2D eigenvalue weighted by Crippen LogP contribution is -2.24. The molecule has 0 aliphatic carbocycles. The molecule has 2 heterocycles. The van der Waals surface area contributed by atoms with Gasteiger partial charge in [0.15, 0.2) is 5.82 Å². The SMILES string of the molecule is CCOCc1nc2c(N)ncc(C)c2n1CCCCNC(=O)c1ccc(OC)cc1. The molecule has 0 bridgehead atoms. The van der Waals surface area contributed by atoms with Gasteiger partial charge in [0.25, 0.3) is 5.91 Å². The van der Waals surface area contributed by atoms with Crippen LogP contribution in [0, 0.1) is 6.92 Å². The van der Waals surface area contributed by atoms with Crippen molar-refractivity contribution in [3.05, 3.63) is 47.4 Å². The molecule has 160 valence electrons. The van der Waals surface area contributed by atoms with E-state index in [1.165, 1.54) is 0 Å². The van der Waals surface area contributed by atoms with Gasteiger partial charge in [-0.1, -0.05) is 0 Å². The van der Waals surface area contributed by atoms with Gasteiger partial charge in [-0.3, -0.25) is 4.79 Å². The van der Waals surface area contributed by atoms with Crippen molar-refractivity contribution in [3.63, 3.8) is 0 Å². The lowest BCUT2D eigenvalue weighted by molar-refractivity contribution is 0.0953. The van der Waals surface area contributed by atoms with Crippen molar-refractivity contribution in [3.8, 4) is 5.75 Å². The monoisotopic (exact) mass is 411 g/mol. The van der Waals surface area contributed by atoms with E-state index in [1.807, 2.05) is 13.8 Å². The molecule has 30 heavy (non-hydrogen) atoms. The zero-order chi connectivity index (χ0) is 21.5. The van der Waals surface area contributed by atoms with Gasteiger partial charge in [-0.25, -0.2) is 9.97 Å². The number of pyridine rings is 1. The van der Waals surface area contributed by atoms with Crippen LogP contribution in [-0.2, 0) is 17.9 Å². The third-order valence-electron chi connectivity index (χ3n) is 4.94. The Morgan fingerprint density at radius 2 is 2.00 bits per heavy atom. The number of rotatable bonds is 10. The predicted octanol–water partition coefficient (Wildman–Crippen LogP) is 3.08. The minimum Gasteiger partial charge on any atom is -0.497 e. The van der Waals surface area contributed by atoms with Crippen LogP contribution in [0.1, 0.15) is 41.5 Å². The number of nitrogens with zero attached hydrogens (tertiary/aromatic N) is 3. The summed E-state index contributed by atoms with van der Waals surface area (Å²) in [5, 5.41) is 2.96. The molecule has 0 aliphatic rings. The zero-order valence-corrected chi connectivity index (χ0v) is 17.8. The fraction of sp³-hybridized carbons (Fsp3) is 0.409. The topological polar surface area (TPSA) is 104 Å². The lowest BCUT2D eigenvalue weighted by atomic mass is 10.2. The summed E-state index contributed by atoms with van der Waals surface area (Å²) in [6, 6.07) is 7.07. The van der Waals surface area contributed by atoms with Crippen LogP contribution < -0.4 is 15.8 Å². The fourth-order valence-electron chi connectivity index (χ4n) is 3.35. The number of carbonyl (C=O) groups is 1. The maximum atomic E-state index is 12.3. The average molecular weight is 412 g/mol. The Kier molecular flexibility index (Phi) is 7.24. The molecular formula is C22H29N5O3. The van der Waals surface area contributed by atoms with E-state index in [4.69, 9.17) is 15.2 Å². The van der Waals surface area contributed by atoms with Crippen LogP contribution in [0.4, 0.5) is 5.82 Å². The maximum absolute atomic E-state index is 12.3. The molecule has 8 nitrogen and oxygen atoms in total. The Morgan fingerprint density at radius 3 is 2.70 bits per heavy atom. The number of amides is 1. The number of nitrogens with two attached hydrogens (primary N) is 1. The smallest absolute Gasteiger partial charge is 0.251 e. The summed E-state index contributed by atoms with van der Waals surface area (Å²) in [6.07, 6.45) is 3.50. The summed E-state index contributed by atoms with van der Waals surface area (Å²) in [7, 11) is 1.60. The maximum Gasteiger partial charge on any atom is 0.251 e. The number of ether oxygens (including phenoxy) is 2. The summed E-state index contributed by atoms with van der Waals surface area (Å²) in [5.41, 5.74) is 9.40. The van der Waals surface area contributed by atoms with Crippen LogP contribution in [0.25, 0.3) is 11.0 Å². The second-order valence-corrected chi connectivity index (χ2v) is 7.03. The Bertz CT molecular complexity index is 998. The summed E-state index contributed by atoms with van der Waals surface area (Å²) >= 11 is 0. The molecule has 3 N–H and O–H groups in total. The second kappa shape index (κ2) is 10.1. The van der Waals surface area contributed by atoms with Gasteiger partial charge in [-0.05, 0) is 56.5 Å². The number of carbonyl (C=O) groups excluding carboxylic acids is 1. The Balaban J connectivity index is 1.59. The van der Waals surface area contributed by atoms with Gasteiger partial charge >= 0.3 is 0 Å². The molecule has 0 saturated heterocycles. The average Bonchev–Trinajstić information content (AvgIpc) is 3.14. The van der Waals surface area contributed by atoms with E-state index in [0.717, 1.165) is 47.6 Å². The number of methoxy groups -OCH3 is 1. The Labute approximate surface area is 176 Å². The number of benzene rings is 1. The first kappa shape index (κ1) is 21.6.